The lowest BCUT2D eigenvalue weighted by Crippen LogP contribution is -2.54. The molecule has 2 saturated heterocycles. The SMILES string of the molecule is C[C@@H]1N[C@]2(C(=O)N(Cc3ccccc3Cl)c3ccccc32)[C@@H]2C(=O)N(Cc3ccccc3)C(=O)[C@@H]12. The maximum absolute atomic E-state index is 14.2. The van der Waals surface area contributed by atoms with Crippen LogP contribution in [0.15, 0.2) is 78.9 Å². The third-order valence-corrected chi connectivity index (χ3v) is 7.94. The largest absolute Gasteiger partial charge is 0.306 e. The standard InChI is InChI=1S/C28H24ClN3O3/c1-17-23-24(26(34)32(25(23)33)15-18-9-3-2-4-10-18)28(30-17)20-12-6-8-14-22(20)31(27(28)35)16-19-11-5-7-13-21(19)29/h2-14,17,23-24,30H,15-16H2,1H3/t17-,23-,24-,28-/m0/s1. The summed E-state index contributed by atoms with van der Waals surface area (Å²) >= 11 is 6.42. The molecule has 1 spiro atoms. The number of fused-ring (bicyclic) bond motifs is 4. The monoisotopic (exact) mass is 485 g/mol. The van der Waals surface area contributed by atoms with Crippen molar-refractivity contribution in [2.24, 2.45) is 11.8 Å². The van der Waals surface area contributed by atoms with E-state index in [0.717, 1.165) is 22.4 Å². The smallest absolute Gasteiger partial charge is 0.253 e. The average molecular weight is 486 g/mol. The number of carbonyl (C=O) groups excluding carboxylic acids is 3. The Labute approximate surface area is 208 Å². The third-order valence-electron chi connectivity index (χ3n) is 7.57. The Morgan fingerprint density at radius 2 is 1.51 bits per heavy atom. The molecular weight excluding hydrogens is 462 g/mol. The number of hydrogen-bond acceptors (Lipinski definition) is 4. The predicted octanol–water partition coefficient (Wildman–Crippen LogP) is 3.88. The second-order valence-corrected chi connectivity index (χ2v) is 9.90. The predicted molar refractivity (Wildman–Crippen MR) is 132 cm³/mol. The lowest BCUT2D eigenvalue weighted by atomic mass is 9.76. The van der Waals surface area contributed by atoms with Gasteiger partial charge >= 0.3 is 0 Å². The first-order valence-corrected chi connectivity index (χ1v) is 12.1. The number of para-hydroxylation sites is 1. The highest BCUT2D eigenvalue weighted by atomic mass is 35.5. The first-order valence-electron chi connectivity index (χ1n) is 11.7. The first-order chi connectivity index (χ1) is 16.9. The Kier molecular flexibility index (Phi) is 5.06. The molecule has 35 heavy (non-hydrogen) atoms. The summed E-state index contributed by atoms with van der Waals surface area (Å²) < 4.78 is 0. The minimum absolute atomic E-state index is 0.202. The van der Waals surface area contributed by atoms with Crippen molar-refractivity contribution in [3.8, 4) is 0 Å². The highest BCUT2D eigenvalue weighted by Gasteiger charge is 2.70. The molecule has 0 bridgehead atoms. The van der Waals surface area contributed by atoms with Gasteiger partial charge in [-0.3, -0.25) is 24.6 Å². The molecule has 4 atom stereocenters. The van der Waals surface area contributed by atoms with Crippen LogP contribution in [-0.2, 0) is 33.0 Å². The van der Waals surface area contributed by atoms with Gasteiger partial charge in [-0.1, -0.05) is 78.3 Å². The summed E-state index contributed by atoms with van der Waals surface area (Å²) in [4.78, 5) is 44.6. The van der Waals surface area contributed by atoms with E-state index in [-0.39, 0.29) is 36.9 Å². The molecule has 176 valence electrons. The zero-order valence-corrected chi connectivity index (χ0v) is 19.9. The van der Waals surface area contributed by atoms with Gasteiger partial charge in [0, 0.05) is 22.3 Å². The molecule has 6 nitrogen and oxygen atoms in total. The second kappa shape index (κ2) is 8.04. The van der Waals surface area contributed by atoms with Crippen LogP contribution in [-0.4, -0.2) is 28.7 Å². The number of anilines is 1. The Morgan fingerprint density at radius 1 is 0.829 bits per heavy atom. The third kappa shape index (κ3) is 3.10. The molecule has 3 aliphatic heterocycles. The van der Waals surface area contributed by atoms with Gasteiger partial charge in [0.15, 0.2) is 0 Å². The van der Waals surface area contributed by atoms with E-state index in [1.807, 2.05) is 79.7 Å². The van der Waals surface area contributed by atoms with E-state index in [1.165, 1.54) is 4.90 Å². The van der Waals surface area contributed by atoms with Gasteiger partial charge in [0.1, 0.15) is 5.54 Å². The number of likely N-dealkylation sites (tertiary alicyclic amines) is 1. The van der Waals surface area contributed by atoms with Crippen molar-refractivity contribution in [3.05, 3.63) is 101 Å². The van der Waals surface area contributed by atoms with Crippen LogP contribution in [0.1, 0.15) is 23.6 Å². The van der Waals surface area contributed by atoms with Crippen molar-refractivity contribution >= 4 is 35.0 Å². The summed E-state index contributed by atoms with van der Waals surface area (Å²) in [7, 11) is 0. The molecule has 3 aromatic carbocycles. The van der Waals surface area contributed by atoms with E-state index >= 15 is 0 Å². The Balaban J connectivity index is 1.43. The molecule has 0 aromatic heterocycles. The molecule has 0 saturated carbocycles. The van der Waals surface area contributed by atoms with Gasteiger partial charge < -0.3 is 4.90 Å². The zero-order chi connectivity index (χ0) is 24.3. The molecule has 2 fully saturated rings. The summed E-state index contributed by atoms with van der Waals surface area (Å²) in [5, 5.41) is 3.99. The number of halogens is 1. The number of rotatable bonds is 4. The van der Waals surface area contributed by atoms with Gasteiger partial charge in [-0.05, 0) is 30.2 Å². The van der Waals surface area contributed by atoms with Crippen LogP contribution in [0.3, 0.4) is 0 Å². The fraction of sp³-hybridized carbons (Fsp3) is 0.250. The van der Waals surface area contributed by atoms with Crippen molar-refractivity contribution in [2.45, 2.75) is 31.6 Å². The van der Waals surface area contributed by atoms with Crippen LogP contribution in [0.5, 0.6) is 0 Å². The molecule has 0 unspecified atom stereocenters. The summed E-state index contributed by atoms with van der Waals surface area (Å²) in [5.74, 6) is -2.17. The zero-order valence-electron chi connectivity index (χ0n) is 19.1. The molecule has 7 heteroatoms. The summed E-state index contributed by atoms with van der Waals surface area (Å²) in [6.45, 7) is 2.37. The first kappa shape index (κ1) is 22.0. The van der Waals surface area contributed by atoms with E-state index in [1.54, 1.807) is 11.0 Å². The minimum atomic E-state index is -1.29. The highest BCUT2D eigenvalue weighted by Crippen LogP contribution is 2.55. The maximum Gasteiger partial charge on any atom is 0.253 e. The number of carbonyl (C=O) groups is 3. The number of imide groups is 1. The van der Waals surface area contributed by atoms with Gasteiger partial charge in [-0.25, -0.2) is 0 Å². The van der Waals surface area contributed by atoms with E-state index in [9.17, 15) is 14.4 Å². The number of nitrogens with zero attached hydrogens (tertiary/aromatic N) is 2. The maximum atomic E-state index is 14.2. The molecular formula is C28H24ClN3O3. The average Bonchev–Trinajstić information content (AvgIpc) is 3.40. The van der Waals surface area contributed by atoms with Crippen LogP contribution in [0.4, 0.5) is 5.69 Å². The summed E-state index contributed by atoms with van der Waals surface area (Å²) in [5.41, 5.74) is 1.87. The van der Waals surface area contributed by atoms with E-state index < -0.39 is 17.4 Å². The van der Waals surface area contributed by atoms with Gasteiger partial charge in [0.2, 0.25) is 11.8 Å². The number of nitrogens with one attached hydrogen (secondary N) is 1. The van der Waals surface area contributed by atoms with Crippen molar-refractivity contribution in [1.82, 2.24) is 10.2 Å². The topological polar surface area (TPSA) is 69.7 Å². The van der Waals surface area contributed by atoms with Crippen molar-refractivity contribution in [3.63, 3.8) is 0 Å². The molecule has 3 aromatic rings. The summed E-state index contributed by atoms with van der Waals surface area (Å²) in [6.07, 6.45) is 0. The van der Waals surface area contributed by atoms with Crippen LogP contribution in [0.25, 0.3) is 0 Å². The quantitative estimate of drug-likeness (QED) is 0.569. The molecule has 0 radical (unpaired) electrons. The van der Waals surface area contributed by atoms with Gasteiger partial charge in [-0.15, -0.1) is 0 Å². The Morgan fingerprint density at radius 3 is 2.29 bits per heavy atom. The molecule has 3 amide bonds. The number of hydrogen-bond donors (Lipinski definition) is 1. The van der Waals surface area contributed by atoms with Crippen molar-refractivity contribution in [2.75, 3.05) is 4.90 Å². The normalized spacial score (nSPS) is 27.1. The molecule has 1 N–H and O–H groups in total. The van der Waals surface area contributed by atoms with E-state index in [2.05, 4.69) is 5.32 Å². The molecule has 0 aliphatic carbocycles. The van der Waals surface area contributed by atoms with Gasteiger partial charge in [0.05, 0.1) is 24.9 Å². The van der Waals surface area contributed by atoms with Gasteiger partial charge in [0.25, 0.3) is 5.91 Å². The number of benzene rings is 3. The lowest BCUT2D eigenvalue weighted by molar-refractivity contribution is -0.143. The van der Waals surface area contributed by atoms with Crippen LogP contribution in [0, 0.1) is 11.8 Å². The van der Waals surface area contributed by atoms with Gasteiger partial charge in [-0.2, -0.15) is 0 Å². The number of amides is 3. The van der Waals surface area contributed by atoms with Crippen LogP contribution < -0.4 is 10.2 Å². The lowest BCUT2D eigenvalue weighted by Gasteiger charge is -2.30. The highest BCUT2D eigenvalue weighted by molar-refractivity contribution is 6.31. The fourth-order valence-corrected chi connectivity index (χ4v) is 6.24. The molecule has 3 aliphatic rings. The second-order valence-electron chi connectivity index (χ2n) is 9.49. The fourth-order valence-electron chi connectivity index (χ4n) is 6.04. The van der Waals surface area contributed by atoms with Crippen LogP contribution in [0.2, 0.25) is 5.02 Å². The molecule has 3 heterocycles. The Hall–Kier alpha value is -3.48. The minimum Gasteiger partial charge on any atom is -0.306 e. The van der Waals surface area contributed by atoms with Crippen molar-refractivity contribution < 1.29 is 14.4 Å². The van der Waals surface area contributed by atoms with Crippen molar-refractivity contribution in [1.29, 1.82) is 0 Å². The summed E-state index contributed by atoms with van der Waals surface area (Å²) in [6, 6.07) is 24.1. The van der Waals surface area contributed by atoms with E-state index in [0.29, 0.717) is 5.02 Å². The van der Waals surface area contributed by atoms with E-state index in [4.69, 9.17) is 11.6 Å². The van der Waals surface area contributed by atoms with Crippen LogP contribution >= 0.6 is 11.6 Å². The molecule has 6 rings (SSSR count). The Bertz CT molecular complexity index is 1360.